The lowest BCUT2D eigenvalue weighted by Gasteiger charge is -2.14. The number of benzene rings is 2. The highest BCUT2D eigenvalue weighted by atomic mass is 79.9. The summed E-state index contributed by atoms with van der Waals surface area (Å²) in [6.45, 7) is 2.84. The summed E-state index contributed by atoms with van der Waals surface area (Å²) in [7, 11) is 0. The number of aliphatic hydroxyl groups is 1. The number of hydrogen-bond donors (Lipinski definition) is 2. The number of anilines is 1. The standard InChI is InChI=1S/C17H20BrNO2/c1-2-13-4-3-5-17(10-13)21-12-16(20)11-19-15-8-6-14(18)7-9-15/h3-10,16,19-20H,2,11-12H2,1H3. The van der Waals surface area contributed by atoms with Crippen LogP contribution in [-0.2, 0) is 6.42 Å². The van der Waals surface area contributed by atoms with Gasteiger partial charge in [0.1, 0.15) is 18.5 Å². The minimum absolute atomic E-state index is 0.274. The molecule has 0 spiro atoms. The van der Waals surface area contributed by atoms with Gasteiger partial charge < -0.3 is 15.2 Å². The molecule has 2 aromatic carbocycles. The van der Waals surface area contributed by atoms with Crippen molar-refractivity contribution < 1.29 is 9.84 Å². The number of hydrogen-bond acceptors (Lipinski definition) is 3. The molecular formula is C17H20BrNO2. The third-order valence-electron chi connectivity index (χ3n) is 3.14. The van der Waals surface area contributed by atoms with Crippen molar-refractivity contribution in [3.63, 3.8) is 0 Å². The maximum atomic E-state index is 9.96. The number of nitrogens with one attached hydrogen (secondary N) is 1. The molecule has 1 atom stereocenters. The molecule has 1 unspecified atom stereocenters. The van der Waals surface area contributed by atoms with E-state index >= 15 is 0 Å². The van der Waals surface area contributed by atoms with Gasteiger partial charge in [0.15, 0.2) is 0 Å². The molecule has 0 aromatic heterocycles. The zero-order valence-electron chi connectivity index (χ0n) is 12.1. The van der Waals surface area contributed by atoms with Gasteiger partial charge in [0.05, 0.1) is 0 Å². The summed E-state index contributed by atoms with van der Waals surface area (Å²) in [5, 5.41) is 13.1. The maximum absolute atomic E-state index is 9.96. The molecule has 0 aliphatic rings. The highest BCUT2D eigenvalue weighted by molar-refractivity contribution is 9.10. The minimum Gasteiger partial charge on any atom is -0.491 e. The molecule has 0 amide bonds. The molecule has 0 fully saturated rings. The molecule has 3 nitrogen and oxygen atoms in total. The Morgan fingerprint density at radius 3 is 2.67 bits per heavy atom. The average Bonchev–Trinajstić information content (AvgIpc) is 2.52. The smallest absolute Gasteiger partial charge is 0.119 e. The Hall–Kier alpha value is -1.52. The molecule has 0 heterocycles. The van der Waals surface area contributed by atoms with Crippen LogP contribution in [0.2, 0.25) is 0 Å². The predicted octanol–water partition coefficient (Wildman–Crippen LogP) is 3.86. The van der Waals surface area contributed by atoms with E-state index in [1.54, 1.807) is 0 Å². The minimum atomic E-state index is -0.557. The van der Waals surface area contributed by atoms with Crippen LogP contribution < -0.4 is 10.1 Å². The molecule has 0 radical (unpaired) electrons. The van der Waals surface area contributed by atoms with Crippen molar-refractivity contribution in [2.45, 2.75) is 19.4 Å². The second-order valence-corrected chi connectivity index (χ2v) is 5.77. The first-order valence-electron chi connectivity index (χ1n) is 7.06. The van der Waals surface area contributed by atoms with E-state index in [1.165, 1.54) is 5.56 Å². The second-order valence-electron chi connectivity index (χ2n) is 4.85. The van der Waals surface area contributed by atoms with Crippen LogP contribution in [0.3, 0.4) is 0 Å². The molecule has 112 valence electrons. The highest BCUT2D eigenvalue weighted by Crippen LogP contribution is 2.15. The van der Waals surface area contributed by atoms with Crippen LogP contribution >= 0.6 is 15.9 Å². The van der Waals surface area contributed by atoms with E-state index in [-0.39, 0.29) is 6.61 Å². The van der Waals surface area contributed by atoms with E-state index in [9.17, 15) is 5.11 Å². The predicted molar refractivity (Wildman–Crippen MR) is 90.0 cm³/mol. The second kappa shape index (κ2) is 8.05. The van der Waals surface area contributed by atoms with E-state index < -0.39 is 6.10 Å². The fourth-order valence-corrected chi connectivity index (χ4v) is 2.17. The monoisotopic (exact) mass is 349 g/mol. The van der Waals surface area contributed by atoms with Crippen LogP contribution in [0.4, 0.5) is 5.69 Å². The summed E-state index contributed by atoms with van der Waals surface area (Å²) in [6, 6.07) is 15.8. The van der Waals surface area contributed by atoms with Crippen molar-refractivity contribution in [2.24, 2.45) is 0 Å². The third-order valence-corrected chi connectivity index (χ3v) is 3.66. The molecule has 0 bridgehead atoms. The van der Waals surface area contributed by atoms with E-state index in [2.05, 4.69) is 34.2 Å². The fourth-order valence-electron chi connectivity index (χ4n) is 1.91. The normalized spacial score (nSPS) is 12.0. The molecule has 0 saturated carbocycles. The summed E-state index contributed by atoms with van der Waals surface area (Å²) < 4.78 is 6.66. The molecule has 2 rings (SSSR count). The summed E-state index contributed by atoms with van der Waals surface area (Å²) in [5.41, 5.74) is 2.21. The quantitative estimate of drug-likeness (QED) is 0.797. The lowest BCUT2D eigenvalue weighted by Crippen LogP contribution is -2.26. The van der Waals surface area contributed by atoms with Crippen LogP contribution in [-0.4, -0.2) is 24.4 Å². The molecule has 2 N–H and O–H groups in total. The molecule has 2 aromatic rings. The van der Waals surface area contributed by atoms with Crippen molar-refractivity contribution in [1.82, 2.24) is 0 Å². The van der Waals surface area contributed by atoms with Crippen LogP contribution in [0.1, 0.15) is 12.5 Å². The number of halogens is 1. The van der Waals surface area contributed by atoms with Gasteiger partial charge in [-0.05, 0) is 48.4 Å². The molecule has 0 aliphatic heterocycles. The SMILES string of the molecule is CCc1cccc(OCC(O)CNc2ccc(Br)cc2)c1. The van der Waals surface area contributed by atoms with Gasteiger partial charge in [-0.2, -0.15) is 0 Å². The average molecular weight is 350 g/mol. The number of rotatable bonds is 7. The Bertz CT molecular complexity index is 557. The fraction of sp³-hybridized carbons (Fsp3) is 0.294. The van der Waals surface area contributed by atoms with Gasteiger partial charge in [0, 0.05) is 16.7 Å². The van der Waals surface area contributed by atoms with E-state index in [0.29, 0.717) is 6.54 Å². The molecular weight excluding hydrogens is 330 g/mol. The third kappa shape index (κ3) is 5.40. The Labute approximate surface area is 134 Å². The van der Waals surface area contributed by atoms with Gasteiger partial charge in [0.2, 0.25) is 0 Å². The Morgan fingerprint density at radius 2 is 1.95 bits per heavy atom. The number of aryl methyl sites for hydroxylation is 1. The Kier molecular flexibility index (Phi) is 6.08. The first kappa shape index (κ1) is 15.9. The van der Waals surface area contributed by atoms with Crippen molar-refractivity contribution in [3.8, 4) is 5.75 Å². The van der Waals surface area contributed by atoms with Crippen molar-refractivity contribution in [1.29, 1.82) is 0 Å². The summed E-state index contributed by atoms with van der Waals surface area (Å²) >= 11 is 3.39. The summed E-state index contributed by atoms with van der Waals surface area (Å²) in [4.78, 5) is 0. The molecule has 0 saturated heterocycles. The van der Waals surface area contributed by atoms with Gasteiger partial charge >= 0.3 is 0 Å². The molecule has 21 heavy (non-hydrogen) atoms. The van der Waals surface area contributed by atoms with Crippen molar-refractivity contribution in [2.75, 3.05) is 18.5 Å². The van der Waals surface area contributed by atoms with E-state index in [1.807, 2.05) is 42.5 Å². The zero-order valence-corrected chi connectivity index (χ0v) is 13.6. The van der Waals surface area contributed by atoms with Crippen LogP contribution in [0.5, 0.6) is 5.75 Å². The van der Waals surface area contributed by atoms with Crippen molar-refractivity contribution >= 4 is 21.6 Å². The Balaban J connectivity index is 1.76. The van der Waals surface area contributed by atoms with Gasteiger partial charge in [0.25, 0.3) is 0 Å². The first-order chi connectivity index (χ1) is 10.2. The molecule has 0 aliphatic carbocycles. The summed E-state index contributed by atoms with van der Waals surface area (Å²) in [5.74, 6) is 0.803. The highest BCUT2D eigenvalue weighted by Gasteiger charge is 2.05. The number of aliphatic hydroxyl groups excluding tert-OH is 1. The van der Waals surface area contributed by atoms with Gasteiger partial charge in [-0.15, -0.1) is 0 Å². The maximum Gasteiger partial charge on any atom is 0.119 e. The molecule has 4 heteroatoms. The van der Waals surface area contributed by atoms with E-state index in [4.69, 9.17) is 4.74 Å². The zero-order chi connectivity index (χ0) is 15.1. The number of ether oxygens (including phenoxy) is 1. The lowest BCUT2D eigenvalue weighted by molar-refractivity contribution is 0.117. The van der Waals surface area contributed by atoms with E-state index in [0.717, 1.165) is 22.3 Å². The first-order valence-corrected chi connectivity index (χ1v) is 7.86. The Morgan fingerprint density at radius 1 is 1.19 bits per heavy atom. The van der Waals surface area contributed by atoms with Crippen LogP contribution in [0, 0.1) is 0 Å². The lowest BCUT2D eigenvalue weighted by atomic mass is 10.2. The van der Waals surface area contributed by atoms with Gasteiger partial charge in [-0.3, -0.25) is 0 Å². The summed E-state index contributed by atoms with van der Waals surface area (Å²) in [6.07, 6.45) is 0.421. The van der Waals surface area contributed by atoms with Gasteiger partial charge in [-0.25, -0.2) is 0 Å². The largest absolute Gasteiger partial charge is 0.491 e. The topological polar surface area (TPSA) is 41.5 Å². The van der Waals surface area contributed by atoms with Crippen LogP contribution in [0.15, 0.2) is 53.0 Å². The van der Waals surface area contributed by atoms with Gasteiger partial charge in [-0.1, -0.05) is 35.0 Å². The van der Waals surface area contributed by atoms with Crippen LogP contribution in [0.25, 0.3) is 0 Å². The van der Waals surface area contributed by atoms with Crippen molar-refractivity contribution in [3.05, 3.63) is 58.6 Å².